The molecule has 224 valence electrons. The van der Waals surface area contributed by atoms with Crippen molar-refractivity contribution in [2.24, 2.45) is 0 Å². The maximum absolute atomic E-state index is 12.4. The van der Waals surface area contributed by atoms with Crippen LogP contribution in [0.15, 0.2) is 0 Å². The van der Waals surface area contributed by atoms with E-state index in [0.717, 1.165) is 0 Å². The Morgan fingerprint density at radius 3 is 1.66 bits per heavy atom. The van der Waals surface area contributed by atoms with E-state index >= 15 is 0 Å². The molecule has 0 spiro atoms. The molecule has 2 aromatic carbocycles. The lowest BCUT2D eigenvalue weighted by Gasteiger charge is -2.25. The molecular formula is C21H24N4O15S. The number of nitrogens with one attached hydrogen (secondary N) is 2. The van der Waals surface area contributed by atoms with Crippen molar-refractivity contribution in [1.29, 1.82) is 0 Å². The molecule has 1 aromatic heterocycles. The number of phenolic OH excluding ortho intramolecular Hbond substituents is 9. The highest BCUT2D eigenvalue weighted by atomic mass is 32.1. The smallest absolute Gasteiger partial charge is 0.294 e. The summed E-state index contributed by atoms with van der Waals surface area (Å²) in [5, 5.41) is 142. The van der Waals surface area contributed by atoms with Gasteiger partial charge in [0.25, 0.3) is 11.7 Å². The molecule has 1 heterocycles. The molecule has 41 heavy (non-hydrogen) atoms. The molecule has 1 amide bonds. The van der Waals surface area contributed by atoms with E-state index in [0.29, 0.717) is 11.3 Å². The maximum atomic E-state index is 12.4. The van der Waals surface area contributed by atoms with Gasteiger partial charge in [0.2, 0.25) is 28.2 Å². The summed E-state index contributed by atoms with van der Waals surface area (Å²) < 4.78 is 0. The second-order valence-electron chi connectivity index (χ2n) is 8.47. The molecule has 0 atom stereocenters. The fourth-order valence-electron chi connectivity index (χ4n) is 3.56. The lowest BCUT2D eigenvalue weighted by Crippen LogP contribution is -2.47. The number of carbonyl (C=O) groups is 1. The second-order valence-corrected chi connectivity index (χ2v) is 9.48. The number of carbonyl (C=O) groups excluding carboxylic acids is 1. The molecule has 0 bridgehead atoms. The van der Waals surface area contributed by atoms with Crippen LogP contribution < -0.4 is 16.4 Å². The highest BCUT2D eigenvalue weighted by Crippen LogP contribution is 2.52. The number of aliphatic hydroxyl groups is 4. The number of hydrogen-bond donors (Lipinski definition) is 17. The molecular weight excluding hydrogens is 580 g/mol. The zero-order valence-electron chi connectivity index (χ0n) is 20.2. The lowest BCUT2D eigenvalue weighted by molar-refractivity contribution is -0.185. The quantitative estimate of drug-likeness (QED) is 0.0685. The summed E-state index contributed by atoms with van der Waals surface area (Å²) in [6, 6.07) is 0. The number of aromatic nitrogens is 1. The molecule has 3 rings (SSSR count). The summed E-state index contributed by atoms with van der Waals surface area (Å²) in [5.74, 6) is -19.6. The topological polar surface area (TPSA) is 363 Å². The van der Waals surface area contributed by atoms with E-state index in [4.69, 9.17) is 5.73 Å². The summed E-state index contributed by atoms with van der Waals surface area (Å²) in [6.45, 7) is -0.561. The van der Waals surface area contributed by atoms with Crippen LogP contribution in [0.25, 0.3) is 0 Å². The van der Waals surface area contributed by atoms with Gasteiger partial charge in [-0.1, -0.05) is 11.3 Å². The van der Waals surface area contributed by atoms with Crippen LogP contribution in [0, 0.1) is 0 Å². The van der Waals surface area contributed by atoms with Crippen LogP contribution in [0.5, 0.6) is 56.8 Å². The fourth-order valence-corrected chi connectivity index (χ4v) is 4.18. The van der Waals surface area contributed by atoms with Gasteiger partial charge in [-0.2, -0.15) is 0 Å². The molecule has 0 fully saturated rings. The van der Waals surface area contributed by atoms with E-state index in [1.807, 2.05) is 0 Å². The van der Waals surface area contributed by atoms with Crippen molar-refractivity contribution >= 4 is 28.1 Å². The minimum absolute atomic E-state index is 0.360. The van der Waals surface area contributed by atoms with Crippen molar-refractivity contribution in [2.75, 3.05) is 17.6 Å². The summed E-state index contributed by atoms with van der Waals surface area (Å²) in [6.07, 6.45) is -1.72. The van der Waals surface area contributed by atoms with Gasteiger partial charge in [-0.05, 0) is 6.42 Å². The third kappa shape index (κ3) is 5.58. The SMILES string of the molecule is Nc1nc(C(O)(O)C(=O)Nc2c(O)c(O)c(CC(O)(O)NCCc3c(O)c(O)c(O)c(O)c3O)c(O)c2O)c(O)s1. The number of phenols is 9. The van der Waals surface area contributed by atoms with Crippen LogP contribution in [-0.4, -0.2) is 94.8 Å². The highest BCUT2D eigenvalue weighted by Gasteiger charge is 2.43. The fraction of sp³-hybridized carbons (Fsp3) is 0.238. The van der Waals surface area contributed by atoms with Gasteiger partial charge in [0.05, 0.1) is 5.56 Å². The Morgan fingerprint density at radius 2 is 1.20 bits per heavy atom. The minimum atomic E-state index is -3.59. The first-order valence-corrected chi connectivity index (χ1v) is 11.7. The monoisotopic (exact) mass is 604 g/mol. The summed E-state index contributed by atoms with van der Waals surface area (Å²) in [5.41, 5.74) is 1.70. The van der Waals surface area contributed by atoms with Gasteiger partial charge in [0.1, 0.15) is 5.69 Å². The Bertz CT molecular complexity index is 1460. The predicted molar refractivity (Wildman–Crippen MR) is 133 cm³/mol. The molecule has 3 aromatic rings. The van der Waals surface area contributed by atoms with Gasteiger partial charge in [0, 0.05) is 18.5 Å². The minimum Gasteiger partial charge on any atom is -0.504 e. The first-order chi connectivity index (χ1) is 18.8. The van der Waals surface area contributed by atoms with Crippen LogP contribution in [0.4, 0.5) is 10.8 Å². The van der Waals surface area contributed by atoms with E-state index in [-0.39, 0.29) is 5.13 Å². The van der Waals surface area contributed by atoms with Gasteiger partial charge >= 0.3 is 0 Å². The predicted octanol–water partition coefficient (Wildman–Crippen LogP) is -2.43. The number of hydrogen-bond acceptors (Lipinski definition) is 19. The Hall–Kier alpha value is -4.86. The molecule has 19 nitrogen and oxygen atoms in total. The molecule has 20 heteroatoms. The van der Waals surface area contributed by atoms with Gasteiger partial charge in [-0.3, -0.25) is 10.1 Å². The van der Waals surface area contributed by atoms with Gasteiger partial charge in [0.15, 0.2) is 45.3 Å². The van der Waals surface area contributed by atoms with E-state index in [1.165, 1.54) is 0 Å². The zero-order valence-corrected chi connectivity index (χ0v) is 21.0. The Kier molecular flexibility index (Phi) is 7.94. The van der Waals surface area contributed by atoms with Crippen molar-refractivity contribution < 1.29 is 76.3 Å². The average Bonchev–Trinajstić information content (AvgIpc) is 3.25. The first-order valence-electron chi connectivity index (χ1n) is 10.9. The van der Waals surface area contributed by atoms with Crippen molar-refractivity contribution in [3.63, 3.8) is 0 Å². The Morgan fingerprint density at radius 1 is 0.732 bits per heavy atom. The third-order valence-electron chi connectivity index (χ3n) is 5.68. The van der Waals surface area contributed by atoms with Crippen LogP contribution in [0.1, 0.15) is 16.8 Å². The van der Waals surface area contributed by atoms with Gasteiger partial charge in [-0.25, -0.2) is 4.98 Å². The average molecular weight is 605 g/mol. The standard InChI is InChI=1S/C21H24N4O15S/c22-19-25-16(17(35)41-19)21(39,40)18(36)24-6-11(30)9(28)5(10(29)12(6)31)3-20(37,38)23-2-1-4-7(26)13(32)15(34)14(33)8(4)27/h23,26-35,37-40H,1-3H2,(H2,22,25)(H,24,36). The Labute approximate surface area is 230 Å². The van der Waals surface area contributed by atoms with Crippen molar-refractivity contribution in [3.8, 4) is 56.8 Å². The second kappa shape index (κ2) is 10.6. The number of thiazole rings is 1. The first kappa shape index (κ1) is 30.7. The van der Waals surface area contributed by atoms with Crippen LogP contribution in [0.2, 0.25) is 0 Å². The van der Waals surface area contributed by atoms with Crippen molar-refractivity contribution in [2.45, 2.75) is 24.5 Å². The summed E-state index contributed by atoms with van der Waals surface area (Å²) >= 11 is 0.379. The number of nitrogens with zero attached hydrogens (tertiary/aromatic N) is 1. The summed E-state index contributed by atoms with van der Waals surface area (Å²) in [7, 11) is 0. The number of aromatic hydroxyl groups is 10. The molecule has 0 unspecified atom stereocenters. The third-order valence-corrected chi connectivity index (χ3v) is 6.37. The van der Waals surface area contributed by atoms with E-state index in [9.17, 15) is 76.3 Å². The number of nitrogen functional groups attached to an aromatic ring is 1. The molecule has 0 saturated heterocycles. The number of amides is 1. The van der Waals surface area contributed by atoms with Gasteiger partial charge < -0.3 is 82.5 Å². The largest absolute Gasteiger partial charge is 0.504 e. The molecule has 18 N–H and O–H groups in total. The molecule has 0 saturated carbocycles. The van der Waals surface area contributed by atoms with Crippen LogP contribution in [0.3, 0.4) is 0 Å². The maximum Gasteiger partial charge on any atom is 0.294 e. The molecule has 0 aliphatic heterocycles. The van der Waals surface area contributed by atoms with E-state index in [2.05, 4.69) is 10.3 Å². The van der Waals surface area contributed by atoms with Crippen molar-refractivity contribution in [1.82, 2.24) is 10.3 Å². The van der Waals surface area contributed by atoms with Crippen LogP contribution >= 0.6 is 11.3 Å². The number of rotatable bonds is 9. The zero-order chi connectivity index (χ0) is 31.2. The highest BCUT2D eigenvalue weighted by molar-refractivity contribution is 7.17. The van der Waals surface area contributed by atoms with Crippen molar-refractivity contribution in [3.05, 3.63) is 16.8 Å². The Balaban J connectivity index is 1.81. The molecule has 0 radical (unpaired) electrons. The molecule has 0 aliphatic carbocycles. The van der Waals surface area contributed by atoms with E-state index in [1.54, 1.807) is 5.32 Å². The number of anilines is 2. The summed E-state index contributed by atoms with van der Waals surface area (Å²) in [4.78, 5) is 15.8. The number of benzene rings is 2. The number of nitrogens with two attached hydrogens (primary N) is 1. The lowest BCUT2D eigenvalue weighted by atomic mass is 10.0. The normalized spacial score (nSPS) is 12.0. The van der Waals surface area contributed by atoms with Gasteiger partial charge in [-0.15, -0.1) is 0 Å². The van der Waals surface area contributed by atoms with Crippen LogP contribution in [-0.2, 0) is 23.4 Å². The van der Waals surface area contributed by atoms with E-state index < -0.39 is 116 Å². The molecule has 0 aliphatic rings.